The van der Waals surface area contributed by atoms with E-state index >= 15 is 0 Å². The minimum Gasteiger partial charge on any atom is -0.479 e. The first-order valence-electron chi connectivity index (χ1n) is 6.13. The molecule has 0 bridgehead atoms. The molecule has 0 radical (unpaired) electrons. The highest BCUT2D eigenvalue weighted by Gasteiger charge is 2.48. The van der Waals surface area contributed by atoms with Crippen molar-refractivity contribution in [1.82, 2.24) is 4.98 Å². The summed E-state index contributed by atoms with van der Waals surface area (Å²) in [5.41, 5.74) is 0.590. The van der Waals surface area contributed by atoms with Crippen molar-refractivity contribution in [2.24, 2.45) is 0 Å². The number of hydrogen-bond donors (Lipinski definition) is 0. The number of nitrogens with zero attached hydrogens (tertiary/aromatic N) is 1. The SMILES string of the molecule is CC.COc1nc(C)ccc1OC(C)C(F)(F)C(F)F. The van der Waals surface area contributed by atoms with Crippen molar-refractivity contribution in [2.75, 3.05) is 7.11 Å². The molecule has 20 heavy (non-hydrogen) atoms. The lowest BCUT2D eigenvalue weighted by Crippen LogP contribution is -2.42. The molecule has 1 heterocycles. The Morgan fingerprint density at radius 3 is 2.20 bits per heavy atom. The lowest BCUT2D eigenvalue weighted by atomic mass is 10.2. The van der Waals surface area contributed by atoms with Crippen LogP contribution in [0.5, 0.6) is 11.6 Å². The molecule has 0 aliphatic carbocycles. The van der Waals surface area contributed by atoms with Crippen molar-refractivity contribution >= 4 is 0 Å². The molecule has 0 fully saturated rings. The predicted octanol–water partition coefficient (Wildman–Crippen LogP) is 4.09. The molecule has 0 spiro atoms. The average Bonchev–Trinajstić information content (AvgIpc) is 2.42. The first kappa shape index (κ1) is 18.5. The summed E-state index contributed by atoms with van der Waals surface area (Å²) in [6, 6.07) is 2.85. The summed E-state index contributed by atoms with van der Waals surface area (Å²) >= 11 is 0. The van der Waals surface area contributed by atoms with Gasteiger partial charge in [-0.15, -0.1) is 0 Å². The van der Waals surface area contributed by atoms with Crippen LogP contribution in [-0.2, 0) is 0 Å². The average molecular weight is 297 g/mol. The van der Waals surface area contributed by atoms with Crippen molar-refractivity contribution in [3.63, 3.8) is 0 Å². The van der Waals surface area contributed by atoms with E-state index in [4.69, 9.17) is 9.47 Å². The van der Waals surface area contributed by atoms with Gasteiger partial charge in [-0.25, -0.2) is 13.8 Å². The Morgan fingerprint density at radius 2 is 1.75 bits per heavy atom. The summed E-state index contributed by atoms with van der Waals surface area (Å²) < 4.78 is 59.9. The van der Waals surface area contributed by atoms with Crippen LogP contribution in [-0.4, -0.2) is 30.5 Å². The van der Waals surface area contributed by atoms with Crippen molar-refractivity contribution in [3.8, 4) is 11.6 Å². The number of halogens is 4. The molecule has 0 saturated carbocycles. The molecule has 7 heteroatoms. The summed E-state index contributed by atoms with van der Waals surface area (Å²) in [6.45, 7) is 6.54. The summed E-state index contributed by atoms with van der Waals surface area (Å²) in [6.07, 6.45) is -5.78. The van der Waals surface area contributed by atoms with Gasteiger partial charge in [0.2, 0.25) is 0 Å². The molecule has 3 nitrogen and oxygen atoms in total. The molecule has 1 aromatic rings. The van der Waals surface area contributed by atoms with E-state index in [0.29, 0.717) is 5.69 Å². The highest BCUT2D eigenvalue weighted by Crippen LogP contribution is 2.32. The van der Waals surface area contributed by atoms with Gasteiger partial charge in [-0.3, -0.25) is 0 Å². The summed E-state index contributed by atoms with van der Waals surface area (Å²) in [5, 5.41) is 0. The number of methoxy groups -OCH3 is 1. The standard InChI is InChI=1S/C11H13F4NO2.C2H6/c1-6-4-5-8(9(16-6)17-3)18-7(2)11(14,15)10(12)13;1-2/h4-5,7,10H,1-3H3;1-2H3. The maximum absolute atomic E-state index is 13.0. The quantitative estimate of drug-likeness (QED) is 0.767. The molecule has 1 unspecified atom stereocenters. The summed E-state index contributed by atoms with van der Waals surface area (Å²) in [7, 11) is 1.28. The van der Waals surface area contributed by atoms with Crippen LogP contribution in [0.25, 0.3) is 0 Å². The molecule has 0 N–H and O–H groups in total. The summed E-state index contributed by atoms with van der Waals surface area (Å²) in [5.74, 6) is -4.36. The van der Waals surface area contributed by atoms with E-state index in [1.807, 2.05) is 13.8 Å². The van der Waals surface area contributed by atoms with E-state index in [2.05, 4.69) is 4.98 Å². The predicted molar refractivity (Wildman–Crippen MR) is 67.9 cm³/mol. The lowest BCUT2D eigenvalue weighted by molar-refractivity contribution is -0.178. The molecule has 0 saturated heterocycles. The van der Waals surface area contributed by atoms with Gasteiger partial charge >= 0.3 is 12.3 Å². The minimum atomic E-state index is -4.24. The van der Waals surface area contributed by atoms with E-state index in [0.717, 1.165) is 6.92 Å². The Kier molecular flexibility index (Phi) is 7.31. The molecular formula is C13H19F4NO2. The van der Waals surface area contributed by atoms with Gasteiger partial charge in [0.15, 0.2) is 11.9 Å². The van der Waals surface area contributed by atoms with Crippen molar-refractivity contribution in [1.29, 1.82) is 0 Å². The molecule has 1 aromatic heterocycles. The highest BCUT2D eigenvalue weighted by atomic mass is 19.3. The molecule has 0 aromatic carbocycles. The fraction of sp³-hybridized carbons (Fsp3) is 0.615. The number of alkyl halides is 4. The van der Waals surface area contributed by atoms with Crippen LogP contribution in [0.15, 0.2) is 12.1 Å². The zero-order chi connectivity index (χ0) is 15.9. The van der Waals surface area contributed by atoms with Gasteiger partial charge in [-0.2, -0.15) is 8.78 Å². The first-order valence-corrected chi connectivity index (χ1v) is 6.13. The molecule has 0 aliphatic heterocycles. The van der Waals surface area contributed by atoms with Crippen molar-refractivity contribution in [3.05, 3.63) is 17.8 Å². The molecule has 0 amide bonds. The van der Waals surface area contributed by atoms with Crippen LogP contribution in [0, 0.1) is 6.92 Å². The van der Waals surface area contributed by atoms with Crippen LogP contribution in [0.3, 0.4) is 0 Å². The molecular weight excluding hydrogens is 278 g/mol. The monoisotopic (exact) mass is 297 g/mol. The number of rotatable bonds is 5. The van der Waals surface area contributed by atoms with E-state index in [1.165, 1.54) is 19.2 Å². The van der Waals surface area contributed by atoms with Crippen LogP contribution in [0.4, 0.5) is 17.6 Å². The smallest absolute Gasteiger partial charge is 0.342 e. The van der Waals surface area contributed by atoms with Gasteiger partial charge in [-0.05, 0) is 26.0 Å². The Bertz CT molecular complexity index is 413. The Labute approximate surface area is 115 Å². The van der Waals surface area contributed by atoms with Gasteiger partial charge in [-0.1, -0.05) is 13.8 Å². The van der Waals surface area contributed by atoms with Crippen LogP contribution in [0.2, 0.25) is 0 Å². The highest BCUT2D eigenvalue weighted by molar-refractivity contribution is 5.34. The van der Waals surface area contributed by atoms with E-state index in [9.17, 15) is 17.6 Å². The van der Waals surface area contributed by atoms with Crippen molar-refractivity contribution < 1.29 is 27.0 Å². The number of aryl methyl sites for hydroxylation is 1. The van der Waals surface area contributed by atoms with Crippen molar-refractivity contribution in [2.45, 2.75) is 46.1 Å². The maximum Gasteiger partial charge on any atom is 0.342 e. The minimum absolute atomic E-state index is 0.0214. The number of pyridine rings is 1. The fourth-order valence-corrected chi connectivity index (χ4v) is 1.20. The van der Waals surface area contributed by atoms with Gasteiger partial charge in [0.05, 0.1) is 7.11 Å². The van der Waals surface area contributed by atoms with Crippen LogP contribution in [0.1, 0.15) is 26.5 Å². The fourth-order valence-electron chi connectivity index (χ4n) is 1.20. The van der Waals surface area contributed by atoms with Crippen LogP contribution < -0.4 is 9.47 Å². The summed E-state index contributed by atoms with van der Waals surface area (Å²) in [4.78, 5) is 3.89. The second kappa shape index (κ2) is 7.91. The number of aromatic nitrogens is 1. The molecule has 0 aliphatic rings. The molecule has 1 atom stereocenters. The maximum atomic E-state index is 13.0. The molecule has 116 valence electrons. The third-order valence-corrected chi connectivity index (χ3v) is 2.29. The second-order valence-electron chi connectivity index (χ2n) is 3.70. The van der Waals surface area contributed by atoms with Gasteiger partial charge in [0, 0.05) is 5.69 Å². The topological polar surface area (TPSA) is 31.4 Å². The Hall–Kier alpha value is -1.53. The third kappa shape index (κ3) is 4.54. The number of ether oxygens (including phenoxy) is 2. The lowest BCUT2D eigenvalue weighted by Gasteiger charge is -2.24. The van der Waals surface area contributed by atoms with Gasteiger partial charge in [0.25, 0.3) is 5.88 Å². The van der Waals surface area contributed by atoms with E-state index < -0.39 is 18.5 Å². The normalized spacial score (nSPS) is 12.5. The largest absolute Gasteiger partial charge is 0.479 e. The van der Waals surface area contributed by atoms with Crippen LogP contribution >= 0.6 is 0 Å². The zero-order valence-corrected chi connectivity index (χ0v) is 12.1. The number of hydrogen-bond acceptors (Lipinski definition) is 3. The van der Waals surface area contributed by atoms with Gasteiger partial charge < -0.3 is 9.47 Å². The third-order valence-electron chi connectivity index (χ3n) is 2.29. The second-order valence-corrected chi connectivity index (χ2v) is 3.70. The van der Waals surface area contributed by atoms with E-state index in [-0.39, 0.29) is 11.6 Å². The van der Waals surface area contributed by atoms with Gasteiger partial charge in [0.1, 0.15) is 0 Å². The molecule has 1 rings (SSSR count). The Morgan fingerprint density at radius 1 is 1.20 bits per heavy atom. The zero-order valence-electron chi connectivity index (χ0n) is 12.1. The van der Waals surface area contributed by atoms with E-state index in [1.54, 1.807) is 6.92 Å². The first-order chi connectivity index (χ1) is 9.28. The Balaban J connectivity index is 0.00000172.